The molecule has 0 saturated heterocycles. The smallest absolute Gasteiger partial charge is 0.188 e. The molecule has 0 rings (SSSR count). The molecule has 1 atom stereocenters. The summed E-state index contributed by atoms with van der Waals surface area (Å²) in [5, 5.41) is 3.09. The topological polar surface area (TPSA) is 59.6 Å². The maximum atomic E-state index is 5.76. The van der Waals surface area contributed by atoms with Gasteiger partial charge >= 0.3 is 0 Å². The predicted molar refractivity (Wildman–Crippen MR) is 89.7 cm³/mol. The molecule has 0 bridgehead atoms. The fraction of sp³-hybridized carbons (Fsp3) is 0.923. The van der Waals surface area contributed by atoms with Crippen LogP contribution in [-0.4, -0.2) is 32.3 Å². The highest BCUT2D eigenvalue weighted by Crippen LogP contribution is 2.21. The van der Waals surface area contributed by atoms with Crippen LogP contribution in [0, 0.1) is 5.41 Å². The number of nitrogens with one attached hydrogen (secondary N) is 1. The number of ether oxygens (including phenoxy) is 1. The van der Waals surface area contributed by atoms with Gasteiger partial charge in [-0.3, -0.25) is 4.99 Å². The summed E-state index contributed by atoms with van der Waals surface area (Å²) in [5.41, 5.74) is 6.17. The average molecular weight is 371 g/mol. The summed E-state index contributed by atoms with van der Waals surface area (Å²) in [6.45, 7) is 10.2. The van der Waals surface area contributed by atoms with Crippen LogP contribution in [0.3, 0.4) is 0 Å². The van der Waals surface area contributed by atoms with Crippen LogP contribution in [0.5, 0.6) is 0 Å². The normalized spacial score (nSPS) is 13.9. The van der Waals surface area contributed by atoms with E-state index in [9.17, 15) is 0 Å². The maximum absolute atomic E-state index is 5.76. The Labute approximate surface area is 129 Å². The molecule has 110 valence electrons. The van der Waals surface area contributed by atoms with Gasteiger partial charge in [-0.2, -0.15) is 0 Å². The summed E-state index contributed by atoms with van der Waals surface area (Å²) in [6.07, 6.45) is 3.53. The highest BCUT2D eigenvalue weighted by Gasteiger charge is 2.08. The van der Waals surface area contributed by atoms with E-state index in [-0.39, 0.29) is 30.0 Å². The first-order valence-corrected chi connectivity index (χ1v) is 6.40. The number of halogens is 1. The van der Waals surface area contributed by atoms with Gasteiger partial charge in [0.1, 0.15) is 0 Å². The molecule has 4 nitrogen and oxygen atoms in total. The second-order valence-corrected chi connectivity index (χ2v) is 5.79. The predicted octanol–water partition coefficient (Wildman–Crippen LogP) is 2.76. The number of hydrogen-bond acceptors (Lipinski definition) is 2. The van der Waals surface area contributed by atoms with Crippen LogP contribution in [0.4, 0.5) is 0 Å². The fourth-order valence-electron chi connectivity index (χ4n) is 1.56. The van der Waals surface area contributed by atoms with Crippen LogP contribution in [0.1, 0.15) is 47.0 Å². The quantitative estimate of drug-likeness (QED) is 0.313. The molecule has 0 aliphatic carbocycles. The summed E-state index contributed by atoms with van der Waals surface area (Å²) < 4.78 is 5.01. The lowest BCUT2D eigenvalue weighted by molar-refractivity contribution is 0.179. The Bertz CT molecular complexity index is 227. The summed E-state index contributed by atoms with van der Waals surface area (Å²) in [7, 11) is 1.68. The van der Waals surface area contributed by atoms with E-state index in [0.717, 1.165) is 13.0 Å². The van der Waals surface area contributed by atoms with E-state index in [0.29, 0.717) is 18.0 Å². The van der Waals surface area contributed by atoms with Crippen LogP contribution in [0.15, 0.2) is 4.99 Å². The third-order valence-corrected chi connectivity index (χ3v) is 2.43. The minimum Gasteiger partial charge on any atom is -0.383 e. The zero-order valence-corrected chi connectivity index (χ0v) is 14.8. The summed E-state index contributed by atoms with van der Waals surface area (Å²) in [6, 6.07) is 0.207. The number of guanidine groups is 1. The van der Waals surface area contributed by atoms with Crippen LogP contribution < -0.4 is 11.1 Å². The molecule has 0 aliphatic heterocycles. The fourth-order valence-corrected chi connectivity index (χ4v) is 1.56. The molecule has 0 saturated carbocycles. The summed E-state index contributed by atoms with van der Waals surface area (Å²) >= 11 is 0. The number of nitrogens with two attached hydrogens (primary N) is 1. The van der Waals surface area contributed by atoms with Gasteiger partial charge in [0.25, 0.3) is 0 Å². The van der Waals surface area contributed by atoms with Crippen molar-refractivity contribution < 1.29 is 4.74 Å². The Morgan fingerprint density at radius 2 is 1.94 bits per heavy atom. The summed E-state index contributed by atoms with van der Waals surface area (Å²) in [4.78, 5) is 4.29. The molecule has 3 N–H and O–H groups in total. The first kappa shape index (κ1) is 20.3. The monoisotopic (exact) mass is 371 g/mol. The van der Waals surface area contributed by atoms with Crippen molar-refractivity contribution in [3.05, 3.63) is 0 Å². The van der Waals surface area contributed by atoms with Crippen LogP contribution >= 0.6 is 24.0 Å². The standard InChI is InChI=1S/C13H29N3O.HI/c1-11(10-17-5)16-12(14)15-9-7-6-8-13(2,3)4;/h11H,6-10H2,1-5H3,(H3,14,15,16);1H. The molecule has 0 aromatic heterocycles. The molecule has 18 heavy (non-hydrogen) atoms. The molecule has 0 amide bonds. The molecule has 0 radical (unpaired) electrons. The van der Waals surface area contributed by atoms with Crippen molar-refractivity contribution in [1.82, 2.24) is 5.32 Å². The van der Waals surface area contributed by atoms with Gasteiger partial charge in [0.15, 0.2) is 5.96 Å². The van der Waals surface area contributed by atoms with Gasteiger partial charge in [-0.15, -0.1) is 24.0 Å². The molecule has 0 aromatic rings. The van der Waals surface area contributed by atoms with Crippen molar-refractivity contribution in [2.24, 2.45) is 16.1 Å². The van der Waals surface area contributed by atoms with Crippen LogP contribution in [0.25, 0.3) is 0 Å². The van der Waals surface area contributed by atoms with Crippen molar-refractivity contribution in [1.29, 1.82) is 0 Å². The second-order valence-electron chi connectivity index (χ2n) is 5.79. The number of hydrogen-bond donors (Lipinski definition) is 2. The Morgan fingerprint density at radius 3 is 2.44 bits per heavy atom. The van der Waals surface area contributed by atoms with Gasteiger partial charge in [0.2, 0.25) is 0 Å². The first-order chi connectivity index (χ1) is 7.85. The summed E-state index contributed by atoms with van der Waals surface area (Å²) in [5.74, 6) is 0.519. The highest BCUT2D eigenvalue weighted by molar-refractivity contribution is 14.0. The molecule has 0 aliphatic rings. The van der Waals surface area contributed by atoms with Crippen LogP contribution in [-0.2, 0) is 4.74 Å². The molecule has 0 fully saturated rings. The lowest BCUT2D eigenvalue weighted by atomic mass is 9.90. The van der Waals surface area contributed by atoms with Crippen LogP contribution in [0.2, 0.25) is 0 Å². The van der Waals surface area contributed by atoms with E-state index in [2.05, 4.69) is 31.1 Å². The zero-order valence-electron chi connectivity index (χ0n) is 12.5. The van der Waals surface area contributed by atoms with Gasteiger partial charge in [-0.1, -0.05) is 27.2 Å². The SMILES string of the molecule is COCC(C)NC(N)=NCCCCC(C)(C)C.I. The second kappa shape index (κ2) is 10.8. The Morgan fingerprint density at radius 1 is 1.33 bits per heavy atom. The lowest BCUT2D eigenvalue weighted by Crippen LogP contribution is -2.40. The average Bonchev–Trinajstić information content (AvgIpc) is 2.15. The largest absolute Gasteiger partial charge is 0.383 e. The number of unbranched alkanes of at least 4 members (excludes halogenated alkanes) is 1. The molecule has 1 unspecified atom stereocenters. The van der Waals surface area contributed by atoms with Crippen molar-refractivity contribution in [3.63, 3.8) is 0 Å². The number of nitrogens with zero attached hydrogens (tertiary/aromatic N) is 1. The van der Waals surface area contributed by atoms with Crippen molar-refractivity contribution >= 4 is 29.9 Å². The van der Waals surface area contributed by atoms with E-state index in [4.69, 9.17) is 10.5 Å². The van der Waals surface area contributed by atoms with E-state index in [1.807, 2.05) is 6.92 Å². The Kier molecular flexibility index (Phi) is 12.2. The van der Waals surface area contributed by atoms with E-state index in [1.165, 1.54) is 12.8 Å². The minimum atomic E-state index is 0. The minimum absolute atomic E-state index is 0. The molecular formula is C13H30IN3O. The lowest BCUT2D eigenvalue weighted by Gasteiger charge is -2.17. The number of aliphatic imine (C=N–C) groups is 1. The van der Waals surface area contributed by atoms with Crippen molar-refractivity contribution in [2.75, 3.05) is 20.3 Å². The van der Waals surface area contributed by atoms with Gasteiger partial charge in [-0.05, 0) is 25.2 Å². The Balaban J connectivity index is 0. The molecule has 5 heteroatoms. The van der Waals surface area contributed by atoms with Crippen molar-refractivity contribution in [2.45, 2.75) is 53.0 Å². The van der Waals surface area contributed by atoms with E-state index >= 15 is 0 Å². The number of rotatable bonds is 7. The van der Waals surface area contributed by atoms with Gasteiger partial charge in [0, 0.05) is 19.7 Å². The van der Waals surface area contributed by atoms with Crippen molar-refractivity contribution in [3.8, 4) is 0 Å². The third kappa shape index (κ3) is 14.0. The van der Waals surface area contributed by atoms with E-state index < -0.39 is 0 Å². The van der Waals surface area contributed by atoms with Gasteiger partial charge in [0.05, 0.1) is 6.61 Å². The van der Waals surface area contributed by atoms with Gasteiger partial charge in [-0.25, -0.2) is 0 Å². The third-order valence-electron chi connectivity index (χ3n) is 2.43. The zero-order chi connectivity index (χ0) is 13.3. The Hall–Kier alpha value is -0.0400. The molecule has 0 aromatic carbocycles. The number of methoxy groups -OCH3 is 1. The molecule has 0 spiro atoms. The van der Waals surface area contributed by atoms with E-state index in [1.54, 1.807) is 7.11 Å². The molecular weight excluding hydrogens is 341 g/mol. The van der Waals surface area contributed by atoms with Gasteiger partial charge < -0.3 is 15.8 Å². The first-order valence-electron chi connectivity index (χ1n) is 6.40. The molecule has 0 heterocycles. The maximum Gasteiger partial charge on any atom is 0.188 e. The highest BCUT2D eigenvalue weighted by atomic mass is 127.